The van der Waals surface area contributed by atoms with E-state index in [1.165, 1.54) is 5.56 Å². The molecule has 0 saturated heterocycles. The molecule has 0 aliphatic rings. The van der Waals surface area contributed by atoms with Gasteiger partial charge in [0.1, 0.15) is 17.6 Å². The van der Waals surface area contributed by atoms with Crippen molar-refractivity contribution in [2.75, 3.05) is 0 Å². The fourth-order valence-electron chi connectivity index (χ4n) is 2.94. The maximum atomic E-state index is 9.66. The molecule has 0 aliphatic heterocycles. The summed E-state index contributed by atoms with van der Waals surface area (Å²) in [6, 6.07) is 8.13. The molecule has 4 heteroatoms. The Balaban J connectivity index is 2.48. The number of rotatable bonds is 6. The highest BCUT2D eigenvalue weighted by atomic mass is 16.5. The van der Waals surface area contributed by atoms with E-state index in [-0.39, 0.29) is 6.10 Å². The number of ether oxygens (including phenoxy) is 2. The van der Waals surface area contributed by atoms with Crippen LogP contribution in [-0.4, -0.2) is 11.1 Å². The molecule has 0 radical (unpaired) electrons. The molecule has 25 heavy (non-hydrogen) atoms. The largest absolute Gasteiger partial charge is 0.489 e. The number of nitriles is 1. The van der Waals surface area contributed by atoms with Gasteiger partial charge in [-0.05, 0) is 51.7 Å². The highest BCUT2D eigenvalue weighted by molar-refractivity contribution is 5.53. The average Bonchev–Trinajstić information content (AvgIpc) is 2.55. The Bertz CT molecular complexity index is 779. The molecule has 0 N–H and O–H groups in total. The molecular formula is C21H26N2O2. The van der Waals surface area contributed by atoms with Gasteiger partial charge < -0.3 is 9.47 Å². The van der Waals surface area contributed by atoms with Gasteiger partial charge in [-0.25, -0.2) is 4.98 Å². The number of pyridine rings is 1. The van der Waals surface area contributed by atoms with Crippen molar-refractivity contribution in [2.45, 2.75) is 60.5 Å². The predicted molar refractivity (Wildman–Crippen MR) is 99.4 cm³/mol. The lowest BCUT2D eigenvalue weighted by Gasteiger charge is -2.19. The molecule has 0 bridgehead atoms. The second-order valence-corrected chi connectivity index (χ2v) is 6.44. The molecule has 132 valence electrons. The molecule has 2 rings (SSSR count). The van der Waals surface area contributed by atoms with Crippen molar-refractivity contribution in [3.05, 3.63) is 46.1 Å². The summed E-state index contributed by atoms with van der Waals surface area (Å²) < 4.78 is 12.1. The van der Waals surface area contributed by atoms with E-state index in [0.29, 0.717) is 17.2 Å². The molecule has 1 heterocycles. The standard InChI is InChI=1S/C21H26N2O2/c1-7-17(8-2)24-19-11-16(6)23-21(18(19)12-22)25-20-14(4)9-13(3)10-15(20)5/h9-11,17H,7-8H2,1-6H3. The third kappa shape index (κ3) is 4.30. The molecule has 0 saturated carbocycles. The van der Waals surface area contributed by atoms with E-state index in [9.17, 15) is 5.26 Å². The van der Waals surface area contributed by atoms with Crippen molar-refractivity contribution in [3.8, 4) is 23.4 Å². The van der Waals surface area contributed by atoms with Crippen molar-refractivity contribution in [3.63, 3.8) is 0 Å². The van der Waals surface area contributed by atoms with Crippen LogP contribution in [0.4, 0.5) is 0 Å². The zero-order valence-electron chi connectivity index (χ0n) is 15.9. The van der Waals surface area contributed by atoms with Crippen LogP contribution in [0.2, 0.25) is 0 Å². The lowest BCUT2D eigenvalue weighted by atomic mass is 10.1. The average molecular weight is 338 g/mol. The molecule has 4 nitrogen and oxygen atoms in total. The minimum Gasteiger partial charge on any atom is -0.489 e. The van der Waals surface area contributed by atoms with Crippen LogP contribution in [0.5, 0.6) is 17.4 Å². The van der Waals surface area contributed by atoms with Gasteiger partial charge in [0.25, 0.3) is 0 Å². The second-order valence-electron chi connectivity index (χ2n) is 6.44. The maximum absolute atomic E-state index is 9.66. The van der Waals surface area contributed by atoms with E-state index >= 15 is 0 Å². The Morgan fingerprint density at radius 3 is 2.16 bits per heavy atom. The van der Waals surface area contributed by atoms with E-state index in [1.807, 2.05) is 20.8 Å². The van der Waals surface area contributed by atoms with Crippen molar-refractivity contribution >= 4 is 0 Å². The highest BCUT2D eigenvalue weighted by Crippen LogP contribution is 2.34. The molecule has 1 aromatic carbocycles. The third-order valence-electron chi connectivity index (χ3n) is 4.20. The van der Waals surface area contributed by atoms with Crippen LogP contribution in [0.15, 0.2) is 18.2 Å². The molecule has 1 aromatic heterocycles. The van der Waals surface area contributed by atoms with E-state index in [1.54, 1.807) is 6.07 Å². The summed E-state index contributed by atoms with van der Waals surface area (Å²) >= 11 is 0. The van der Waals surface area contributed by atoms with Crippen LogP contribution in [0, 0.1) is 39.0 Å². The molecule has 0 unspecified atom stereocenters. The van der Waals surface area contributed by atoms with Crippen LogP contribution >= 0.6 is 0 Å². The third-order valence-corrected chi connectivity index (χ3v) is 4.20. The van der Waals surface area contributed by atoms with Crippen molar-refractivity contribution in [1.82, 2.24) is 4.98 Å². The number of benzene rings is 1. The second kappa shape index (κ2) is 8.02. The lowest BCUT2D eigenvalue weighted by molar-refractivity contribution is 0.191. The quantitative estimate of drug-likeness (QED) is 0.693. The fourth-order valence-corrected chi connectivity index (χ4v) is 2.94. The van der Waals surface area contributed by atoms with Crippen molar-refractivity contribution in [1.29, 1.82) is 5.26 Å². The zero-order chi connectivity index (χ0) is 18.6. The summed E-state index contributed by atoms with van der Waals surface area (Å²) in [5.41, 5.74) is 4.33. The van der Waals surface area contributed by atoms with Crippen molar-refractivity contribution in [2.24, 2.45) is 0 Å². The van der Waals surface area contributed by atoms with Gasteiger partial charge in [0.05, 0.1) is 6.10 Å². The summed E-state index contributed by atoms with van der Waals surface area (Å²) in [5, 5.41) is 9.66. The van der Waals surface area contributed by atoms with Gasteiger partial charge in [-0.1, -0.05) is 31.5 Å². The molecule has 0 atom stereocenters. The molecule has 0 fully saturated rings. The van der Waals surface area contributed by atoms with Crippen LogP contribution in [0.3, 0.4) is 0 Å². The topological polar surface area (TPSA) is 55.1 Å². The number of aromatic nitrogens is 1. The van der Waals surface area contributed by atoms with Gasteiger partial charge in [-0.15, -0.1) is 0 Å². The van der Waals surface area contributed by atoms with Gasteiger partial charge in [-0.2, -0.15) is 5.26 Å². The van der Waals surface area contributed by atoms with E-state index in [4.69, 9.17) is 9.47 Å². The normalized spacial score (nSPS) is 10.6. The first-order valence-corrected chi connectivity index (χ1v) is 8.73. The van der Waals surface area contributed by atoms with Crippen LogP contribution in [0.25, 0.3) is 0 Å². The Morgan fingerprint density at radius 2 is 1.64 bits per heavy atom. The molecule has 0 amide bonds. The van der Waals surface area contributed by atoms with Gasteiger partial charge in [-0.3, -0.25) is 0 Å². The SMILES string of the molecule is CCC(CC)Oc1cc(C)nc(Oc2c(C)cc(C)cc2C)c1C#N. The Labute approximate surface area is 150 Å². The Hall–Kier alpha value is -2.54. The summed E-state index contributed by atoms with van der Waals surface area (Å²) in [5.74, 6) is 1.59. The minimum atomic E-state index is 0.0737. The van der Waals surface area contributed by atoms with Crippen LogP contribution in [0.1, 0.15) is 54.6 Å². The molecule has 2 aromatic rings. The van der Waals surface area contributed by atoms with Gasteiger partial charge in [0.15, 0.2) is 5.56 Å². The van der Waals surface area contributed by atoms with Gasteiger partial charge in [0.2, 0.25) is 5.88 Å². The number of hydrogen-bond donors (Lipinski definition) is 0. The summed E-state index contributed by atoms with van der Waals surface area (Å²) in [6.07, 6.45) is 1.84. The first-order chi connectivity index (χ1) is 11.9. The number of aryl methyl sites for hydroxylation is 4. The first-order valence-electron chi connectivity index (χ1n) is 8.73. The van der Waals surface area contributed by atoms with Crippen molar-refractivity contribution < 1.29 is 9.47 Å². The molecular weight excluding hydrogens is 312 g/mol. The van der Waals surface area contributed by atoms with Crippen LogP contribution in [-0.2, 0) is 0 Å². The Kier molecular flexibility index (Phi) is 6.03. The lowest BCUT2D eigenvalue weighted by Crippen LogP contribution is -2.15. The predicted octanol–water partition coefficient (Wildman–Crippen LogP) is 5.55. The highest BCUT2D eigenvalue weighted by Gasteiger charge is 2.19. The Morgan fingerprint density at radius 1 is 1.04 bits per heavy atom. The monoisotopic (exact) mass is 338 g/mol. The van der Waals surface area contributed by atoms with E-state index < -0.39 is 0 Å². The van der Waals surface area contributed by atoms with E-state index in [2.05, 4.69) is 44.0 Å². The molecule has 0 aliphatic carbocycles. The minimum absolute atomic E-state index is 0.0737. The number of nitrogens with zero attached hydrogens (tertiary/aromatic N) is 2. The van der Waals surface area contributed by atoms with Gasteiger partial charge in [0, 0.05) is 11.8 Å². The maximum Gasteiger partial charge on any atom is 0.241 e. The number of hydrogen-bond acceptors (Lipinski definition) is 4. The smallest absolute Gasteiger partial charge is 0.241 e. The van der Waals surface area contributed by atoms with Crippen LogP contribution < -0.4 is 9.47 Å². The first kappa shape index (κ1) is 18.8. The summed E-state index contributed by atoms with van der Waals surface area (Å²) in [7, 11) is 0. The fraction of sp³-hybridized carbons (Fsp3) is 0.429. The zero-order valence-corrected chi connectivity index (χ0v) is 15.9. The van der Waals surface area contributed by atoms with E-state index in [0.717, 1.165) is 35.4 Å². The van der Waals surface area contributed by atoms with Gasteiger partial charge >= 0.3 is 0 Å². The molecule has 0 spiro atoms. The summed E-state index contributed by atoms with van der Waals surface area (Å²) in [6.45, 7) is 12.1. The summed E-state index contributed by atoms with van der Waals surface area (Å²) in [4.78, 5) is 4.44.